The lowest BCUT2D eigenvalue weighted by Gasteiger charge is -2.26. The van der Waals surface area contributed by atoms with Crippen LogP contribution in [0.1, 0.15) is 60.3 Å². The lowest BCUT2D eigenvalue weighted by molar-refractivity contribution is -0.128. The lowest BCUT2D eigenvalue weighted by atomic mass is 9.94. The van der Waals surface area contributed by atoms with Gasteiger partial charge in [0.1, 0.15) is 0 Å². The smallest absolute Gasteiger partial charge is 0.225 e. The van der Waals surface area contributed by atoms with E-state index in [9.17, 15) is 9.59 Å². The fourth-order valence-corrected chi connectivity index (χ4v) is 1.58. The number of carbonyl (C=O) groups is 2. The third-order valence-corrected chi connectivity index (χ3v) is 3.59. The summed E-state index contributed by atoms with van der Waals surface area (Å²) >= 11 is 0. The SMILES string of the molecule is CCC(N)(CC)CNC(=O)CCCNC(=O)C(C)(C)C.Cl. The first-order valence-corrected chi connectivity index (χ1v) is 7.48. The average molecular weight is 322 g/mol. The van der Waals surface area contributed by atoms with Gasteiger partial charge in [-0.25, -0.2) is 0 Å². The molecule has 0 unspecified atom stereocenters. The summed E-state index contributed by atoms with van der Waals surface area (Å²) in [6, 6.07) is 0. The summed E-state index contributed by atoms with van der Waals surface area (Å²) in [4.78, 5) is 23.3. The number of carbonyl (C=O) groups excluding carboxylic acids is 2. The normalized spacial score (nSPS) is 11.5. The van der Waals surface area contributed by atoms with Crippen molar-refractivity contribution in [1.82, 2.24) is 10.6 Å². The van der Waals surface area contributed by atoms with Crippen molar-refractivity contribution < 1.29 is 9.59 Å². The number of halogens is 1. The van der Waals surface area contributed by atoms with Crippen LogP contribution in [0.25, 0.3) is 0 Å². The molecule has 0 aromatic rings. The maximum absolute atomic E-state index is 11.7. The molecule has 0 aromatic heterocycles. The van der Waals surface area contributed by atoms with Crippen molar-refractivity contribution in [2.75, 3.05) is 13.1 Å². The largest absolute Gasteiger partial charge is 0.356 e. The maximum Gasteiger partial charge on any atom is 0.225 e. The van der Waals surface area contributed by atoms with Crippen LogP contribution < -0.4 is 16.4 Å². The molecule has 0 heterocycles. The van der Waals surface area contributed by atoms with Crippen molar-refractivity contribution in [3.63, 3.8) is 0 Å². The van der Waals surface area contributed by atoms with E-state index in [2.05, 4.69) is 10.6 Å². The fraction of sp³-hybridized carbons (Fsp3) is 0.867. The molecule has 0 aromatic carbocycles. The van der Waals surface area contributed by atoms with Crippen molar-refractivity contribution >= 4 is 24.2 Å². The van der Waals surface area contributed by atoms with E-state index in [0.29, 0.717) is 25.9 Å². The number of nitrogens with two attached hydrogens (primary N) is 1. The first-order chi connectivity index (χ1) is 9.14. The molecule has 126 valence electrons. The number of nitrogens with one attached hydrogen (secondary N) is 2. The number of hydrogen-bond donors (Lipinski definition) is 3. The minimum Gasteiger partial charge on any atom is -0.356 e. The molecular weight excluding hydrogens is 290 g/mol. The third-order valence-electron chi connectivity index (χ3n) is 3.59. The predicted octanol–water partition coefficient (Wildman–Crippen LogP) is 1.98. The first-order valence-electron chi connectivity index (χ1n) is 7.48. The summed E-state index contributed by atoms with van der Waals surface area (Å²) in [6.07, 6.45) is 2.73. The van der Waals surface area contributed by atoms with Gasteiger partial charge in [-0.3, -0.25) is 9.59 Å². The van der Waals surface area contributed by atoms with Crippen LogP contribution in [-0.4, -0.2) is 30.4 Å². The molecular formula is C15H32ClN3O2. The molecule has 21 heavy (non-hydrogen) atoms. The highest BCUT2D eigenvalue weighted by atomic mass is 35.5. The summed E-state index contributed by atoms with van der Waals surface area (Å²) in [7, 11) is 0. The van der Waals surface area contributed by atoms with E-state index in [0.717, 1.165) is 12.8 Å². The zero-order valence-corrected chi connectivity index (χ0v) is 14.9. The second-order valence-corrected chi connectivity index (χ2v) is 6.46. The van der Waals surface area contributed by atoms with Crippen molar-refractivity contribution in [3.8, 4) is 0 Å². The summed E-state index contributed by atoms with van der Waals surface area (Å²) in [5, 5.41) is 5.70. The van der Waals surface area contributed by atoms with Gasteiger partial charge < -0.3 is 16.4 Å². The molecule has 0 saturated carbocycles. The van der Waals surface area contributed by atoms with Crippen LogP contribution in [0.3, 0.4) is 0 Å². The lowest BCUT2D eigenvalue weighted by Crippen LogP contribution is -2.49. The van der Waals surface area contributed by atoms with Gasteiger partial charge in [-0.15, -0.1) is 12.4 Å². The van der Waals surface area contributed by atoms with Gasteiger partial charge in [0.15, 0.2) is 0 Å². The maximum atomic E-state index is 11.7. The third kappa shape index (κ3) is 9.69. The van der Waals surface area contributed by atoms with Crippen LogP contribution in [0.2, 0.25) is 0 Å². The number of hydrogen-bond acceptors (Lipinski definition) is 3. The van der Waals surface area contributed by atoms with E-state index in [4.69, 9.17) is 5.73 Å². The number of amides is 2. The van der Waals surface area contributed by atoms with E-state index in [-0.39, 0.29) is 35.2 Å². The standard InChI is InChI=1S/C15H31N3O2.ClH/c1-6-15(16,7-2)11-18-12(19)9-8-10-17-13(20)14(3,4)5;/h6-11,16H2,1-5H3,(H,17,20)(H,18,19);1H. The molecule has 6 heteroatoms. The summed E-state index contributed by atoms with van der Waals surface area (Å²) in [5.74, 6) is 0.00239. The van der Waals surface area contributed by atoms with Crippen LogP contribution >= 0.6 is 12.4 Å². The highest BCUT2D eigenvalue weighted by Gasteiger charge is 2.21. The Kier molecular flexibility index (Phi) is 10.7. The van der Waals surface area contributed by atoms with Crippen molar-refractivity contribution in [2.45, 2.75) is 65.8 Å². The van der Waals surface area contributed by atoms with Crippen LogP contribution in [-0.2, 0) is 9.59 Å². The van der Waals surface area contributed by atoms with Crippen LogP contribution in [0, 0.1) is 5.41 Å². The Balaban J connectivity index is 0. The second-order valence-electron chi connectivity index (χ2n) is 6.46. The van der Waals surface area contributed by atoms with Crippen molar-refractivity contribution in [1.29, 1.82) is 0 Å². The summed E-state index contributed by atoms with van der Waals surface area (Å²) < 4.78 is 0. The molecule has 0 aliphatic carbocycles. The molecule has 5 nitrogen and oxygen atoms in total. The van der Waals surface area contributed by atoms with Gasteiger partial charge in [0.25, 0.3) is 0 Å². The minimum atomic E-state index is -0.385. The van der Waals surface area contributed by atoms with Gasteiger partial charge in [0, 0.05) is 30.5 Å². The minimum absolute atomic E-state index is 0. The Morgan fingerprint density at radius 2 is 1.57 bits per heavy atom. The highest BCUT2D eigenvalue weighted by molar-refractivity contribution is 5.85. The Morgan fingerprint density at radius 3 is 2.00 bits per heavy atom. The van der Waals surface area contributed by atoms with E-state index in [1.807, 2.05) is 34.6 Å². The first kappa shape index (κ1) is 22.5. The summed E-state index contributed by atoms with van der Waals surface area (Å²) in [5.41, 5.74) is 5.42. The van der Waals surface area contributed by atoms with Crippen LogP contribution in [0.5, 0.6) is 0 Å². The Bertz CT molecular complexity index is 323. The molecule has 0 aliphatic rings. The van der Waals surface area contributed by atoms with E-state index in [1.54, 1.807) is 0 Å². The summed E-state index contributed by atoms with van der Waals surface area (Å²) in [6.45, 7) is 10.7. The van der Waals surface area contributed by atoms with Crippen LogP contribution in [0.15, 0.2) is 0 Å². The van der Waals surface area contributed by atoms with E-state index >= 15 is 0 Å². The average Bonchev–Trinajstić information content (AvgIpc) is 2.39. The molecule has 0 fully saturated rings. The Morgan fingerprint density at radius 1 is 1.05 bits per heavy atom. The van der Waals surface area contributed by atoms with E-state index < -0.39 is 0 Å². The molecule has 0 rings (SSSR count). The van der Waals surface area contributed by atoms with Gasteiger partial charge in [-0.05, 0) is 19.3 Å². The van der Waals surface area contributed by atoms with Gasteiger partial charge in [0.05, 0.1) is 0 Å². The van der Waals surface area contributed by atoms with Crippen molar-refractivity contribution in [3.05, 3.63) is 0 Å². The molecule has 0 radical (unpaired) electrons. The Labute approximate surface area is 135 Å². The molecule has 0 saturated heterocycles. The van der Waals surface area contributed by atoms with Gasteiger partial charge in [-0.1, -0.05) is 34.6 Å². The van der Waals surface area contributed by atoms with E-state index in [1.165, 1.54) is 0 Å². The second kappa shape index (κ2) is 10.0. The Hall–Kier alpha value is -0.810. The number of rotatable bonds is 8. The topological polar surface area (TPSA) is 84.2 Å². The molecule has 2 amide bonds. The van der Waals surface area contributed by atoms with Gasteiger partial charge in [-0.2, -0.15) is 0 Å². The zero-order chi connectivity index (χ0) is 15.8. The molecule has 4 N–H and O–H groups in total. The monoisotopic (exact) mass is 321 g/mol. The zero-order valence-electron chi connectivity index (χ0n) is 14.0. The fourth-order valence-electron chi connectivity index (χ4n) is 1.58. The predicted molar refractivity (Wildman–Crippen MR) is 89.5 cm³/mol. The molecule has 0 spiro atoms. The van der Waals surface area contributed by atoms with Crippen LogP contribution in [0.4, 0.5) is 0 Å². The van der Waals surface area contributed by atoms with Gasteiger partial charge in [0.2, 0.25) is 11.8 Å². The molecule has 0 atom stereocenters. The molecule has 0 bridgehead atoms. The quantitative estimate of drug-likeness (QED) is 0.598. The van der Waals surface area contributed by atoms with Crippen molar-refractivity contribution in [2.24, 2.45) is 11.1 Å². The highest BCUT2D eigenvalue weighted by Crippen LogP contribution is 2.12. The van der Waals surface area contributed by atoms with Gasteiger partial charge >= 0.3 is 0 Å². The molecule has 0 aliphatic heterocycles.